The summed E-state index contributed by atoms with van der Waals surface area (Å²) in [5, 5.41) is 12.8. The van der Waals surface area contributed by atoms with Crippen LogP contribution in [-0.4, -0.2) is 18.5 Å². The summed E-state index contributed by atoms with van der Waals surface area (Å²) in [5.41, 5.74) is 3.23. The van der Waals surface area contributed by atoms with E-state index < -0.39 is 11.9 Å². The van der Waals surface area contributed by atoms with Gasteiger partial charge >= 0.3 is 5.97 Å². The smallest absolute Gasteiger partial charge is 0.341 e. The van der Waals surface area contributed by atoms with Gasteiger partial charge in [-0.25, -0.2) is 4.79 Å². The van der Waals surface area contributed by atoms with E-state index >= 15 is 0 Å². The van der Waals surface area contributed by atoms with Crippen molar-refractivity contribution in [2.45, 2.75) is 39.5 Å². The third kappa shape index (κ3) is 5.01. The van der Waals surface area contributed by atoms with Crippen molar-refractivity contribution in [3.05, 3.63) is 67.7 Å². The summed E-state index contributed by atoms with van der Waals surface area (Å²) >= 11 is 4.93. The highest BCUT2D eigenvalue weighted by atomic mass is 79.9. The molecule has 1 amide bonds. The molecule has 174 valence electrons. The van der Waals surface area contributed by atoms with Crippen LogP contribution in [0.25, 0.3) is 17.4 Å². The Morgan fingerprint density at radius 2 is 2.06 bits per heavy atom. The number of nitriles is 1. The maximum Gasteiger partial charge on any atom is 0.341 e. The first-order chi connectivity index (χ1) is 16.4. The minimum Gasteiger partial charge on any atom is -0.462 e. The zero-order chi connectivity index (χ0) is 24.2. The molecule has 6 nitrogen and oxygen atoms in total. The number of carbonyl (C=O) groups excluding carboxylic acids is 2. The number of amides is 1. The largest absolute Gasteiger partial charge is 0.462 e. The van der Waals surface area contributed by atoms with Crippen molar-refractivity contribution < 1.29 is 18.7 Å². The van der Waals surface area contributed by atoms with Gasteiger partial charge in [-0.15, -0.1) is 11.3 Å². The van der Waals surface area contributed by atoms with Crippen molar-refractivity contribution in [2.24, 2.45) is 0 Å². The lowest BCUT2D eigenvalue weighted by atomic mass is 9.95. The highest BCUT2D eigenvalue weighted by Gasteiger charge is 2.28. The van der Waals surface area contributed by atoms with E-state index in [0.717, 1.165) is 51.7 Å². The van der Waals surface area contributed by atoms with Gasteiger partial charge in [0.25, 0.3) is 5.91 Å². The van der Waals surface area contributed by atoms with Crippen molar-refractivity contribution in [3.63, 3.8) is 0 Å². The average Bonchev–Trinajstić information content (AvgIpc) is 3.41. The summed E-state index contributed by atoms with van der Waals surface area (Å²) in [7, 11) is 0. The van der Waals surface area contributed by atoms with Gasteiger partial charge in [-0.05, 0) is 74.9 Å². The Morgan fingerprint density at radius 1 is 1.26 bits per heavy atom. The zero-order valence-electron chi connectivity index (χ0n) is 18.9. The van der Waals surface area contributed by atoms with Crippen molar-refractivity contribution in [1.29, 1.82) is 5.26 Å². The van der Waals surface area contributed by atoms with E-state index in [1.54, 1.807) is 19.1 Å². The molecule has 0 bridgehead atoms. The molecule has 34 heavy (non-hydrogen) atoms. The number of hydrogen-bond donors (Lipinski definition) is 1. The van der Waals surface area contributed by atoms with Gasteiger partial charge in [-0.2, -0.15) is 5.26 Å². The van der Waals surface area contributed by atoms with Crippen LogP contribution in [0.2, 0.25) is 0 Å². The van der Waals surface area contributed by atoms with E-state index in [9.17, 15) is 14.9 Å². The van der Waals surface area contributed by atoms with Crippen LogP contribution in [0.4, 0.5) is 5.00 Å². The number of nitrogens with one attached hydrogen (secondary N) is 1. The van der Waals surface area contributed by atoms with Gasteiger partial charge in [0.2, 0.25) is 0 Å². The number of furan rings is 1. The van der Waals surface area contributed by atoms with Crippen LogP contribution in [0.3, 0.4) is 0 Å². The van der Waals surface area contributed by atoms with Gasteiger partial charge in [0, 0.05) is 21.0 Å². The van der Waals surface area contributed by atoms with Crippen LogP contribution in [0.5, 0.6) is 0 Å². The lowest BCUT2D eigenvalue weighted by Gasteiger charge is -2.12. The molecule has 8 heteroatoms. The summed E-state index contributed by atoms with van der Waals surface area (Å²) in [5.74, 6) is -0.0447. The number of thiophene rings is 1. The van der Waals surface area contributed by atoms with E-state index in [0.29, 0.717) is 22.1 Å². The second-order valence-corrected chi connectivity index (χ2v) is 9.90. The number of aryl methyl sites for hydroxylation is 2. The van der Waals surface area contributed by atoms with Crippen LogP contribution in [0.15, 0.2) is 44.8 Å². The SMILES string of the molecule is CCOC(=O)c1c(NC(=O)/C(C#N)=C/c2ccc(-c3ccc(C)cc3Br)o2)sc2c1CCCC2. The topological polar surface area (TPSA) is 92.3 Å². The van der Waals surface area contributed by atoms with Crippen molar-refractivity contribution in [1.82, 2.24) is 0 Å². The van der Waals surface area contributed by atoms with Crippen molar-refractivity contribution >= 4 is 50.2 Å². The minimum atomic E-state index is -0.596. The van der Waals surface area contributed by atoms with Crippen LogP contribution in [-0.2, 0) is 22.4 Å². The molecule has 0 atom stereocenters. The Balaban J connectivity index is 1.60. The maximum atomic E-state index is 13.0. The summed E-state index contributed by atoms with van der Waals surface area (Å²) in [6.45, 7) is 4.00. The standard InChI is InChI=1S/C26H23BrN2O4S/c1-3-32-26(31)23-19-6-4-5-7-22(19)34-25(23)29-24(30)16(14-28)13-17-9-11-21(33-17)18-10-8-15(2)12-20(18)27/h8-13H,3-7H2,1-2H3,(H,29,30)/b16-13+. The van der Waals surface area contributed by atoms with Crippen LogP contribution >= 0.6 is 27.3 Å². The number of fused-ring (bicyclic) bond motifs is 1. The molecule has 3 aromatic rings. The number of anilines is 1. The predicted molar refractivity (Wildman–Crippen MR) is 136 cm³/mol. The quantitative estimate of drug-likeness (QED) is 0.214. The van der Waals surface area contributed by atoms with E-state index in [1.807, 2.05) is 31.2 Å². The molecule has 2 heterocycles. The van der Waals surface area contributed by atoms with Crippen molar-refractivity contribution in [2.75, 3.05) is 11.9 Å². The first kappa shape index (κ1) is 24.0. The van der Waals surface area contributed by atoms with Gasteiger partial charge in [0.05, 0.1) is 12.2 Å². The second-order valence-electron chi connectivity index (χ2n) is 7.94. The van der Waals surface area contributed by atoms with Crippen LogP contribution in [0, 0.1) is 18.3 Å². The molecule has 1 N–H and O–H groups in total. The van der Waals surface area contributed by atoms with Gasteiger partial charge in [0.15, 0.2) is 0 Å². The van der Waals surface area contributed by atoms with E-state index in [1.165, 1.54) is 17.4 Å². The number of hydrogen-bond acceptors (Lipinski definition) is 6. The van der Waals surface area contributed by atoms with E-state index in [-0.39, 0.29) is 12.2 Å². The summed E-state index contributed by atoms with van der Waals surface area (Å²) in [6.07, 6.45) is 5.08. The molecule has 0 fully saturated rings. The fraction of sp³-hybridized carbons (Fsp3) is 0.269. The Kier molecular flexibility index (Phi) is 7.35. The Bertz CT molecular complexity index is 1330. The second kappa shape index (κ2) is 10.4. The molecule has 1 aromatic carbocycles. The number of ether oxygens (including phenoxy) is 1. The van der Waals surface area contributed by atoms with Gasteiger partial charge in [-0.1, -0.05) is 22.0 Å². The normalized spacial score (nSPS) is 13.2. The Hall–Kier alpha value is -3.15. The minimum absolute atomic E-state index is 0.120. The van der Waals surface area contributed by atoms with Crippen LogP contribution in [0.1, 0.15) is 51.9 Å². The zero-order valence-corrected chi connectivity index (χ0v) is 21.3. The number of rotatable bonds is 6. The molecule has 0 saturated heterocycles. The lowest BCUT2D eigenvalue weighted by Crippen LogP contribution is -2.16. The molecular formula is C26H23BrN2O4S. The third-order valence-corrected chi connectivity index (χ3v) is 7.41. The molecule has 1 aliphatic carbocycles. The molecule has 2 aromatic heterocycles. The number of carbonyl (C=O) groups is 2. The van der Waals surface area contributed by atoms with Gasteiger partial charge in [0.1, 0.15) is 28.2 Å². The summed E-state index contributed by atoms with van der Waals surface area (Å²) in [4.78, 5) is 26.7. The maximum absolute atomic E-state index is 13.0. The summed E-state index contributed by atoms with van der Waals surface area (Å²) < 4.78 is 12.0. The Morgan fingerprint density at radius 3 is 2.79 bits per heavy atom. The highest BCUT2D eigenvalue weighted by molar-refractivity contribution is 9.10. The molecule has 0 saturated carbocycles. The first-order valence-electron chi connectivity index (χ1n) is 11.0. The molecule has 1 aliphatic rings. The van der Waals surface area contributed by atoms with Gasteiger partial charge in [-0.3, -0.25) is 4.79 Å². The molecule has 0 spiro atoms. The average molecular weight is 539 g/mol. The lowest BCUT2D eigenvalue weighted by molar-refractivity contribution is -0.112. The summed E-state index contributed by atoms with van der Waals surface area (Å²) in [6, 6.07) is 11.4. The molecule has 0 aliphatic heterocycles. The number of benzene rings is 1. The highest BCUT2D eigenvalue weighted by Crippen LogP contribution is 2.39. The van der Waals surface area contributed by atoms with E-state index in [2.05, 4.69) is 21.2 Å². The first-order valence-corrected chi connectivity index (χ1v) is 12.6. The van der Waals surface area contributed by atoms with Crippen molar-refractivity contribution in [3.8, 4) is 17.4 Å². The predicted octanol–water partition coefficient (Wildman–Crippen LogP) is 6.68. The molecular weight excluding hydrogens is 516 g/mol. The number of halogens is 1. The third-order valence-electron chi connectivity index (χ3n) is 5.55. The van der Waals surface area contributed by atoms with Gasteiger partial charge < -0.3 is 14.5 Å². The molecule has 0 unspecified atom stereocenters. The van der Waals surface area contributed by atoms with E-state index in [4.69, 9.17) is 9.15 Å². The molecule has 4 rings (SSSR count). The fourth-order valence-corrected chi connectivity index (χ4v) is 5.89. The monoisotopic (exact) mass is 538 g/mol. The number of nitrogens with zero attached hydrogens (tertiary/aromatic N) is 1. The number of esters is 1. The Labute approximate surface area is 210 Å². The van der Waals surface area contributed by atoms with Crippen LogP contribution < -0.4 is 5.32 Å². The fourth-order valence-electron chi connectivity index (χ4n) is 3.93. The molecule has 0 radical (unpaired) electrons.